The van der Waals surface area contributed by atoms with Gasteiger partial charge in [0.2, 0.25) is 0 Å². The second kappa shape index (κ2) is 9.15. The molecule has 1 aliphatic heterocycles. The molecule has 0 spiro atoms. The first-order valence-corrected chi connectivity index (χ1v) is 8.36. The molecule has 7 nitrogen and oxygen atoms in total. The summed E-state index contributed by atoms with van der Waals surface area (Å²) in [7, 11) is 0. The lowest BCUT2D eigenvalue weighted by atomic mass is 9.99. The smallest absolute Gasteiger partial charge is 0.338 e. The van der Waals surface area contributed by atoms with Gasteiger partial charge in [-0.1, -0.05) is 6.58 Å². The summed E-state index contributed by atoms with van der Waals surface area (Å²) >= 11 is 0. The zero-order valence-electron chi connectivity index (χ0n) is 14.7. The Morgan fingerprint density at radius 2 is 2.00 bits per heavy atom. The van der Waals surface area contributed by atoms with Crippen molar-refractivity contribution < 1.29 is 33.7 Å². The monoisotopic (exact) mass is 362 g/mol. The summed E-state index contributed by atoms with van der Waals surface area (Å²) in [6, 6.07) is 4.33. The number of carbonyl (C=O) groups is 3. The summed E-state index contributed by atoms with van der Waals surface area (Å²) in [4.78, 5) is 34.7. The molecule has 1 aliphatic rings. The van der Waals surface area contributed by atoms with E-state index in [9.17, 15) is 14.4 Å². The lowest BCUT2D eigenvalue weighted by Gasteiger charge is -2.11. The number of benzene rings is 1. The first-order chi connectivity index (χ1) is 12.4. The highest BCUT2D eigenvalue weighted by molar-refractivity contribution is 5.94. The van der Waals surface area contributed by atoms with Crippen molar-refractivity contribution in [2.75, 3.05) is 19.8 Å². The number of carboxylic acid groups (broad SMARTS) is 1. The predicted octanol–water partition coefficient (Wildman–Crippen LogP) is 2.38. The first-order valence-electron chi connectivity index (χ1n) is 8.36. The van der Waals surface area contributed by atoms with Gasteiger partial charge in [-0.05, 0) is 49.9 Å². The van der Waals surface area contributed by atoms with Gasteiger partial charge in [-0.2, -0.15) is 0 Å². The summed E-state index contributed by atoms with van der Waals surface area (Å²) in [6.45, 7) is 6.09. The standard InChI is InChI=1S/C19H22O7/c1-12(2)18(22)24-8-4-3-5-13-9-14(17(20)21)6-7-16(13)19(23)26-11-15-10-25-15/h6-7,9,15H,1,3-5,8,10-11H2,2H3,(H,20,21). The molecule has 0 saturated carbocycles. The molecular weight excluding hydrogens is 340 g/mol. The molecule has 7 heteroatoms. The second-order valence-electron chi connectivity index (χ2n) is 6.10. The van der Waals surface area contributed by atoms with Crippen LogP contribution < -0.4 is 0 Å². The molecule has 0 radical (unpaired) electrons. The van der Waals surface area contributed by atoms with E-state index in [4.69, 9.17) is 19.3 Å². The van der Waals surface area contributed by atoms with Gasteiger partial charge in [-0.15, -0.1) is 0 Å². The molecule has 1 unspecified atom stereocenters. The van der Waals surface area contributed by atoms with Crippen LogP contribution in [-0.2, 0) is 25.4 Å². The third-order valence-electron chi connectivity index (χ3n) is 3.80. The van der Waals surface area contributed by atoms with E-state index in [1.807, 2.05) is 0 Å². The van der Waals surface area contributed by atoms with Gasteiger partial charge < -0.3 is 19.3 Å². The van der Waals surface area contributed by atoms with Gasteiger partial charge in [0.25, 0.3) is 0 Å². The van der Waals surface area contributed by atoms with Crippen molar-refractivity contribution in [3.63, 3.8) is 0 Å². The van der Waals surface area contributed by atoms with Crippen LogP contribution >= 0.6 is 0 Å². The van der Waals surface area contributed by atoms with Crippen LogP contribution in [-0.4, -0.2) is 48.9 Å². The Balaban J connectivity index is 1.95. The Bertz CT molecular complexity index is 704. The number of rotatable bonds is 10. The fraction of sp³-hybridized carbons (Fsp3) is 0.421. The minimum atomic E-state index is -1.06. The summed E-state index contributed by atoms with van der Waals surface area (Å²) < 4.78 is 15.2. The Kier molecular flexibility index (Phi) is 6.91. The van der Waals surface area contributed by atoms with Gasteiger partial charge in [-0.3, -0.25) is 0 Å². The van der Waals surface area contributed by atoms with Gasteiger partial charge in [0.05, 0.1) is 24.3 Å². The molecule has 1 atom stereocenters. The fourth-order valence-electron chi connectivity index (χ4n) is 2.25. The molecule has 2 rings (SSSR count). The van der Waals surface area contributed by atoms with Gasteiger partial charge in [0, 0.05) is 5.57 Å². The number of carbonyl (C=O) groups excluding carboxylic acids is 2. The molecule has 140 valence electrons. The highest BCUT2D eigenvalue weighted by Crippen LogP contribution is 2.18. The molecule has 1 fully saturated rings. The highest BCUT2D eigenvalue weighted by atomic mass is 16.6. The van der Waals surface area contributed by atoms with Crippen molar-refractivity contribution in [1.29, 1.82) is 0 Å². The van der Waals surface area contributed by atoms with Crippen molar-refractivity contribution in [3.8, 4) is 0 Å². The van der Waals surface area contributed by atoms with E-state index in [1.165, 1.54) is 18.2 Å². The maximum absolute atomic E-state index is 12.2. The maximum Gasteiger partial charge on any atom is 0.338 e. The summed E-state index contributed by atoms with van der Waals surface area (Å²) in [6.07, 6.45) is 1.64. The highest BCUT2D eigenvalue weighted by Gasteiger charge is 2.25. The third-order valence-corrected chi connectivity index (χ3v) is 3.80. The lowest BCUT2D eigenvalue weighted by molar-refractivity contribution is -0.139. The average Bonchev–Trinajstić information content (AvgIpc) is 3.43. The van der Waals surface area contributed by atoms with Crippen LogP contribution in [0.4, 0.5) is 0 Å². The Hall–Kier alpha value is -2.67. The van der Waals surface area contributed by atoms with Gasteiger partial charge in [0.1, 0.15) is 12.7 Å². The number of carboxylic acids is 1. The van der Waals surface area contributed by atoms with Gasteiger partial charge in [-0.25, -0.2) is 14.4 Å². The summed E-state index contributed by atoms with van der Waals surface area (Å²) in [5, 5.41) is 9.15. The zero-order chi connectivity index (χ0) is 19.1. The molecular formula is C19H22O7. The van der Waals surface area contributed by atoms with Crippen LogP contribution in [0, 0.1) is 0 Å². The lowest BCUT2D eigenvalue weighted by Crippen LogP contribution is -2.13. The molecule has 0 aromatic heterocycles. The van der Waals surface area contributed by atoms with Crippen molar-refractivity contribution in [1.82, 2.24) is 0 Å². The number of esters is 2. The minimum Gasteiger partial charge on any atom is -0.478 e. The van der Waals surface area contributed by atoms with Crippen LogP contribution in [0.1, 0.15) is 46.0 Å². The van der Waals surface area contributed by atoms with Crippen LogP contribution in [0.2, 0.25) is 0 Å². The molecule has 1 saturated heterocycles. The van der Waals surface area contributed by atoms with Gasteiger partial charge in [0.15, 0.2) is 0 Å². The van der Waals surface area contributed by atoms with Crippen LogP contribution in [0.15, 0.2) is 30.4 Å². The van der Waals surface area contributed by atoms with Crippen molar-refractivity contribution in [2.24, 2.45) is 0 Å². The molecule has 1 N–H and O–H groups in total. The summed E-state index contributed by atoms with van der Waals surface area (Å²) in [5.74, 6) is -2.00. The fourth-order valence-corrected chi connectivity index (χ4v) is 2.25. The van der Waals surface area contributed by atoms with Crippen LogP contribution in [0.25, 0.3) is 0 Å². The van der Waals surface area contributed by atoms with E-state index in [1.54, 1.807) is 6.92 Å². The number of hydrogen-bond donors (Lipinski definition) is 1. The number of aromatic carboxylic acids is 1. The Morgan fingerprint density at radius 1 is 1.27 bits per heavy atom. The number of aryl methyl sites for hydroxylation is 1. The first kappa shape index (κ1) is 19.7. The SMILES string of the molecule is C=C(C)C(=O)OCCCCc1cc(C(=O)O)ccc1C(=O)OCC1CO1. The Morgan fingerprint density at radius 3 is 2.62 bits per heavy atom. The van der Waals surface area contributed by atoms with E-state index < -0.39 is 17.9 Å². The zero-order valence-corrected chi connectivity index (χ0v) is 14.7. The molecule has 1 aromatic rings. The number of epoxide rings is 1. The molecule has 1 aromatic carbocycles. The maximum atomic E-state index is 12.2. The van der Waals surface area contributed by atoms with Crippen molar-refractivity contribution in [3.05, 3.63) is 47.0 Å². The predicted molar refractivity (Wildman–Crippen MR) is 92.1 cm³/mol. The van der Waals surface area contributed by atoms with E-state index in [0.717, 1.165) is 0 Å². The van der Waals surface area contributed by atoms with Gasteiger partial charge >= 0.3 is 17.9 Å². The molecule has 26 heavy (non-hydrogen) atoms. The van der Waals surface area contributed by atoms with E-state index in [0.29, 0.717) is 42.6 Å². The Labute approximate surface area is 151 Å². The van der Waals surface area contributed by atoms with E-state index in [-0.39, 0.29) is 24.9 Å². The molecule has 1 heterocycles. The third kappa shape index (κ3) is 6.00. The number of hydrogen-bond acceptors (Lipinski definition) is 6. The average molecular weight is 362 g/mol. The molecule has 0 aliphatic carbocycles. The number of ether oxygens (including phenoxy) is 3. The minimum absolute atomic E-state index is 0.0382. The van der Waals surface area contributed by atoms with Crippen LogP contribution in [0.5, 0.6) is 0 Å². The molecule has 0 bridgehead atoms. The van der Waals surface area contributed by atoms with Crippen molar-refractivity contribution >= 4 is 17.9 Å². The quantitative estimate of drug-likeness (QED) is 0.295. The summed E-state index contributed by atoms with van der Waals surface area (Å²) in [5.41, 5.74) is 1.38. The van der Waals surface area contributed by atoms with Crippen LogP contribution in [0.3, 0.4) is 0 Å². The normalized spacial score (nSPS) is 15.2. The largest absolute Gasteiger partial charge is 0.478 e. The van der Waals surface area contributed by atoms with Crippen molar-refractivity contribution in [2.45, 2.75) is 32.3 Å². The van der Waals surface area contributed by atoms with E-state index in [2.05, 4.69) is 6.58 Å². The topological polar surface area (TPSA) is 102 Å². The number of unbranched alkanes of at least 4 members (excludes halogenated alkanes) is 1. The molecule has 0 amide bonds. The van der Waals surface area contributed by atoms with E-state index >= 15 is 0 Å². The second-order valence-corrected chi connectivity index (χ2v) is 6.10.